The molecule has 0 atom stereocenters. The lowest BCUT2D eigenvalue weighted by Crippen LogP contribution is -1.80. The summed E-state index contributed by atoms with van der Waals surface area (Å²) in [5, 5.41) is 0. The summed E-state index contributed by atoms with van der Waals surface area (Å²) in [6, 6.07) is 0. The predicted molar refractivity (Wildman–Crippen MR) is 89.6 cm³/mol. The molecule has 0 saturated heterocycles. The van der Waals surface area contributed by atoms with Crippen LogP contribution < -0.4 is 0 Å². The molecule has 0 radical (unpaired) electrons. The van der Waals surface area contributed by atoms with E-state index in [2.05, 4.69) is 38.2 Å². The van der Waals surface area contributed by atoms with Gasteiger partial charge in [-0.1, -0.05) is 102 Å². The van der Waals surface area contributed by atoms with Crippen LogP contribution in [0.2, 0.25) is 0 Å². The smallest absolute Gasteiger partial charge is 0.0348 e. The maximum absolute atomic E-state index is 2.32. The average molecular weight is 264 g/mol. The van der Waals surface area contributed by atoms with Gasteiger partial charge in [-0.2, -0.15) is 0 Å². The molecule has 0 bridgehead atoms. The third kappa shape index (κ3) is 17.5. The molecule has 0 heteroatoms. The molecule has 0 amide bonds. The van der Waals surface area contributed by atoms with Gasteiger partial charge in [-0.05, 0) is 19.3 Å². The Kier molecular flexibility index (Phi) is 17.0. The fraction of sp³-hybridized carbons (Fsp3) is 0.789. The molecule has 19 heavy (non-hydrogen) atoms. The lowest BCUT2D eigenvalue weighted by Gasteiger charge is -2.00. The van der Waals surface area contributed by atoms with Gasteiger partial charge in [-0.3, -0.25) is 0 Å². The van der Waals surface area contributed by atoms with Gasteiger partial charge in [-0.25, -0.2) is 0 Å². The van der Waals surface area contributed by atoms with Crippen molar-refractivity contribution in [3.63, 3.8) is 0 Å². The van der Waals surface area contributed by atoms with Crippen LogP contribution in [0.4, 0.5) is 0 Å². The van der Waals surface area contributed by atoms with Crippen molar-refractivity contribution in [2.45, 2.75) is 97.3 Å². The Morgan fingerprint density at radius 2 is 0.895 bits per heavy atom. The first-order valence-electron chi connectivity index (χ1n) is 8.73. The van der Waals surface area contributed by atoms with Gasteiger partial charge in [0.05, 0.1) is 0 Å². The Bertz CT molecular complexity index is 200. The molecule has 112 valence electrons. The minimum absolute atomic E-state index is 1.23. The minimum atomic E-state index is 1.23. The first-order chi connectivity index (χ1) is 9.41. The monoisotopic (exact) mass is 264 g/mol. The highest BCUT2D eigenvalue weighted by Crippen LogP contribution is 2.10. The SMILES string of the molecule is CCCCC=CC=CCCCCCCCCCCC. The second kappa shape index (κ2) is 17.5. The van der Waals surface area contributed by atoms with E-state index in [9.17, 15) is 0 Å². The fourth-order valence-electron chi connectivity index (χ4n) is 2.24. The Morgan fingerprint density at radius 1 is 0.474 bits per heavy atom. The molecule has 0 aliphatic rings. The van der Waals surface area contributed by atoms with Gasteiger partial charge >= 0.3 is 0 Å². The maximum Gasteiger partial charge on any atom is -0.0348 e. The standard InChI is InChI=1S/C19H36/c1-3-5-7-9-11-13-15-17-19-18-16-14-12-10-8-6-4-2/h9,11,13,15H,3-8,10,12,14,16-19H2,1-2H3. The van der Waals surface area contributed by atoms with Crippen molar-refractivity contribution in [3.8, 4) is 0 Å². The highest BCUT2D eigenvalue weighted by atomic mass is 14.0. The molecular weight excluding hydrogens is 228 g/mol. The maximum atomic E-state index is 2.32. The molecule has 0 heterocycles. The summed E-state index contributed by atoms with van der Waals surface area (Å²) in [4.78, 5) is 0. The largest absolute Gasteiger partial charge is 0.0845 e. The number of unbranched alkanes of at least 4 members (excludes halogenated alkanes) is 11. The summed E-state index contributed by atoms with van der Waals surface area (Å²) in [6.07, 6.45) is 27.0. The van der Waals surface area contributed by atoms with Crippen molar-refractivity contribution in [2.24, 2.45) is 0 Å². The van der Waals surface area contributed by atoms with Crippen LogP contribution in [0.3, 0.4) is 0 Å². The molecule has 0 spiro atoms. The summed E-state index contributed by atoms with van der Waals surface area (Å²) in [5.41, 5.74) is 0. The van der Waals surface area contributed by atoms with E-state index in [-0.39, 0.29) is 0 Å². The van der Waals surface area contributed by atoms with Gasteiger partial charge in [0.2, 0.25) is 0 Å². The van der Waals surface area contributed by atoms with E-state index in [0.29, 0.717) is 0 Å². The highest BCUT2D eigenvalue weighted by molar-refractivity contribution is 5.02. The number of rotatable bonds is 14. The van der Waals surface area contributed by atoms with E-state index in [0.717, 1.165) is 0 Å². The molecule has 0 aromatic carbocycles. The van der Waals surface area contributed by atoms with Gasteiger partial charge in [0.25, 0.3) is 0 Å². The van der Waals surface area contributed by atoms with Gasteiger partial charge in [-0.15, -0.1) is 0 Å². The van der Waals surface area contributed by atoms with Crippen LogP contribution in [-0.4, -0.2) is 0 Å². The Balaban J connectivity index is 3.09. The summed E-state index contributed by atoms with van der Waals surface area (Å²) < 4.78 is 0. The van der Waals surface area contributed by atoms with E-state index in [1.807, 2.05) is 0 Å². The predicted octanol–water partition coefficient (Wildman–Crippen LogP) is 7.21. The van der Waals surface area contributed by atoms with Gasteiger partial charge in [0.1, 0.15) is 0 Å². The van der Waals surface area contributed by atoms with Crippen LogP contribution in [0.5, 0.6) is 0 Å². The topological polar surface area (TPSA) is 0 Å². The molecule has 0 aromatic rings. The second-order valence-corrected chi connectivity index (χ2v) is 5.62. The van der Waals surface area contributed by atoms with E-state index in [1.54, 1.807) is 0 Å². The normalized spacial score (nSPS) is 11.9. The van der Waals surface area contributed by atoms with Crippen molar-refractivity contribution in [2.75, 3.05) is 0 Å². The summed E-state index contributed by atoms with van der Waals surface area (Å²) in [7, 11) is 0. The van der Waals surface area contributed by atoms with Crippen molar-refractivity contribution < 1.29 is 0 Å². The van der Waals surface area contributed by atoms with Crippen molar-refractivity contribution in [1.29, 1.82) is 0 Å². The lowest BCUT2D eigenvalue weighted by atomic mass is 10.1. The van der Waals surface area contributed by atoms with Crippen molar-refractivity contribution >= 4 is 0 Å². The van der Waals surface area contributed by atoms with E-state index < -0.39 is 0 Å². The van der Waals surface area contributed by atoms with Gasteiger partial charge < -0.3 is 0 Å². The molecule has 0 nitrogen and oxygen atoms in total. The quantitative estimate of drug-likeness (QED) is 0.230. The van der Waals surface area contributed by atoms with Crippen LogP contribution in [0.1, 0.15) is 97.3 Å². The van der Waals surface area contributed by atoms with E-state index >= 15 is 0 Å². The summed E-state index contributed by atoms with van der Waals surface area (Å²) in [5.74, 6) is 0. The number of allylic oxidation sites excluding steroid dienone is 4. The van der Waals surface area contributed by atoms with Crippen LogP contribution in [0.15, 0.2) is 24.3 Å². The molecule has 0 aliphatic heterocycles. The molecular formula is C19H36. The molecule has 0 rings (SSSR count). The van der Waals surface area contributed by atoms with Crippen LogP contribution in [-0.2, 0) is 0 Å². The minimum Gasteiger partial charge on any atom is -0.0845 e. The summed E-state index contributed by atoms with van der Waals surface area (Å²) in [6.45, 7) is 4.53. The second-order valence-electron chi connectivity index (χ2n) is 5.62. The van der Waals surface area contributed by atoms with E-state index in [4.69, 9.17) is 0 Å². The molecule has 0 aliphatic carbocycles. The van der Waals surface area contributed by atoms with Crippen LogP contribution in [0, 0.1) is 0 Å². The van der Waals surface area contributed by atoms with Crippen LogP contribution >= 0.6 is 0 Å². The Labute approximate surface area is 122 Å². The van der Waals surface area contributed by atoms with Gasteiger partial charge in [0, 0.05) is 0 Å². The van der Waals surface area contributed by atoms with E-state index in [1.165, 1.54) is 83.5 Å². The zero-order valence-electron chi connectivity index (χ0n) is 13.5. The lowest BCUT2D eigenvalue weighted by molar-refractivity contribution is 0.566. The fourth-order valence-corrected chi connectivity index (χ4v) is 2.24. The zero-order valence-corrected chi connectivity index (χ0v) is 13.5. The first kappa shape index (κ1) is 18.5. The summed E-state index contributed by atoms with van der Waals surface area (Å²) >= 11 is 0. The molecule has 0 unspecified atom stereocenters. The third-order valence-corrected chi connectivity index (χ3v) is 3.58. The Hall–Kier alpha value is -0.520. The average Bonchev–Trinajstić information content (AvgIpc) is 2.43. The molecule has 0 fully saturated rings. The Morgan fingerprint density at radius 3 is 1.42 bits per heavy atom. The number of hydrogen-bond acceptors (Lipinski definition) is 0. The van der Waals surface area contributed by atoms with Crippen molar-refractivity contribution in [1.82, 2.24) is 0 Å². The van der Waals surface area contributed by atoms with Gasteiger partial charge in [0.15, 0.2) is 0 Å². The molecule has 0 aromatic heterocycles. The van der Waals surface area contributed by atoms with Crippen LogP contribution in [0.25, 0.3) is 0 Å². The zero-order chi connectivity index (χ0) is 14.0. The first-order valence-corrected chi connectivity index (χ1v) is 8.73. The highest BCUT2D eigenvalue weighted by Gasteiger charge is 1.90. The molecule has 0 saturated carbocycles. The molecule has 0 N–H and O–H groups in total. The number of hydrogen-bond donors (Lipinski definition) is 0. The van der Waals surface area contributed by atoms with Crippen molar-refractivity contribution in [3.05, 3.63) is 24.3 Å². The third-order valence-electron chi connectivity index (χ3n) is 3.58.